The highest BCUT2D eigenvalue weighted by atomic mass is 16.5. The maximum atomic E-state index is 12.4. The monoisotopic (exact) mass is 283 g/mol. The van der Waals surface area contributed by atoms with Gasteiger partial charge in [-0.15, -0.1) is 0 Å². The van der Waals surface area contributed by atoms with Crippen molar-refractivity contribution in [2.45, 2.75) is 38.5 Å². The number of hydrogen-bond acceptors (Lipinski definition) is 3. The molecule has 0 saturated heterocycles. The zero-order valence-electron chi connectivity index (χ0n) is 12.2. The quantitative estimate of drug-likeness (QED) is 0.773. The summed E-state index contributed by atoms with van der Waals surface area (Å²) in [6.45, 7) is 0.547. The minimum Gasteiger partial charge on any atom is -0.480 e. The van der Waals surface area contributed by atoms with Gasteiger partial charge in [0, 0.05) is 19.6 Å². The van der Waals surface area contributed by atoms with Crippen molar-refractivity contribution in [2.24, 2.45) is 17.8 Å². The molecule has 1 N–H and O–H groups in total. The summed E-state index contributed by atoms with van der Waals surface area (Å²) in [5.74, 6) is 0.312. The van der Waals surface area contributed by atoms with E-state index in [1.54, 1.807) is 7.11 Å². The average molecular weight is 283 g/mol. The van der Waals surface area contributed by atoms with Gasteiger partial charge in [-0.2, -0.15) is 0 Å². The largest absolute Gasteiger partial charge is 0.480 e. The van der Waals surface area contributed by atoms with E-state index < -0.39 is 5.97 Å². The number of ether oxygens (including phenoxy) is 1. The number of carboxylic acids is 1. The third kappa shape index (κ3) is 3.95. The fourth-order valence-electron chi connectivity index (χ4n) is 3.45. The van der Waals surface area contributed by atoms with Crippen LogP contribution >= 0.6 is 0 Å². The predicted octanol–water partition coefficient (Wildman–Crippen LogP) is 1.76. The van der Waals surface area contributed by atoms with Crippen LogP contribution in [0, 0.1) is 17.8 Å². The molecule has 2 saturated carbocycles. The van der Waals surface area contributed by atoms with E-state index in [2.05, 4.69) is 0 Å². The van der Waals surface area contributed by atoms with Crippen molar-refractivity contribution in [1.82, 2.24) is 4.90 Å². The maximum absolute atomic E-state index is 12.4. The summed E-state index contributed by atoms with van der Waals surface area (Å²) in [6.07, 6.45) is 7.32. The first-order valence-corrected chi connectivity index (χ1v) is 7.63. The van der Waals surface area contributed by atoms with Gasteiger partial charge in [-0.05, 0) is 18.3 Å². The molecule has 0 heterocycles. The molecule has 2 aliphatic rings. The number of carbonyl (C=O) groups excluding carboxylic acids is 1. The van der Waals surface area contributed by atoms with Gasteiger partial charge in [0.15, 0.2) is 0 Å². The zero-order chi connectivity index (χ0) is 14.5. The van der Waals surface area contributed by atoms with Gasteiger partial charge in [-0.1, -0.05) is 32.1 Å². The van der Waals surface area contributed by atoms with Gasteiger partial charge in [0.1, 0.15) is 6.54 Å². The number of aliphatic carboxylic acids is 1. The van der Waals surface area contributed by atoms with Crippen LogP contribution in [-0.4, -0.2) is 48.7 Å². The molecule has 5 heteroatoms. The van der Waals surface area contributed by atoms with E-state index in [0.29, 0.717) is 25.0 Å². The number of rotatable bonds is 7. The first-order valence-electron chi connectivity index (χ1n) is 7.63. The molecular weight excluding hydrogens is 258 g/mol. The Labute approximate surface area is 120 Å². The molecule has 0 aliphatic heterocycles. The summed E-state index contributed by atoms with van der Waals surface area (Å²) in [7, 11) is 1.56. The topological polar surface area (TPSA) is 66.8 Å². The Kier molecular flexibility index (Phi) is 5.40. The molecule has 0 aromatic carbocycles. The molecule has 1 amide bonds. The molecule has 2 rings (SSSR count). The van der Waals surface area contributed by atoms with Crippen LogP contribution in [0.25, 0.3) is 0 Å². The van der Waals surface area contributed by atoms with Gasteiger partial charge in [0.05, 0.1) is 6.61 Å². The lowest BCUT2D eigenvalue weighted by Gasteiger charge is -2.24. The Morgan fingerprint density at radius 1 is 1.25 bits per heavy atom. The van der Waals surface area contributed by atoms with Crippen LogP contribution in [0.1, 0.15) is 38.5 Å². The number of carbonyl (C=O) groups is 2. The smallest absolute Gasteiger partial charge is 0.323 e. The minimum absolute atomic E-state index is 0.0139. The van der Waals surface area contributed by atoms with Crippen molar-refractivity contribution in [3.8, 4) is 0 Å². The summed E-state index contributed by atoms with van der Waals surface area (Å²) < 4.78 is 4.96. The highest BCUT2D eigenvalue weighted by Crippen LogP contribution is 2.50. The van der Waals surface area contributed by atoms with E-state index in [0.717, 1.165) is 6.42 Å². The van der Waals surface area contributed by atoms with E-state index in [1.807, 2.05) is 0 Å². The van der Waals surface area contributed by atoms with E-state index in [1.165, 1.54) is 37.0 Å². The molecular formula is C15H25NO4. The second kappa shape index (κ2) is 7.07. The van der Waals surface area contributed by atoms with E-state index in [9.17, 15) is 9.59 Å². The lowest BCUT2D eigenvalue weighted by atomic mass is 9.85. The number of hydrogen-bond donors (Lipinski definition) is 1. The number of amides is 1. The van der Waals surface area contributed by atoms with Crippen LogP contribution in [0.2, 0.25) is 0 Å². The molecule has 0 bridgehead atoms. The molecule has 0 aromatic rings. The summed E-state index contributed by atoms with van der Waals surface area (Å²) in [4.78, 5) is 24.7. The standard InChI is InChI=1S/C15H25NO4/c1-20-8-7-16(10-14(17)18)15(19)13-9-12(13)11-5-3-2-4-6-11/h11-13H,2-10H2,1H3,(H,17,18). The number of nitrogens with zero attached hydrogens (tertiary/aromatic N) is 1. The third-order valence-corrected chi connectivity index (χ3v) is 4.62. The molecule has 20 heavy (non-hydrogen) atoms. The van der Waals surface area contributed by atoms with Crippen molar-refractivity contribution >= 4 is 11.9 Å². The highest BCUT2D eigenvalue weighted by Gasteiger charge is 2.48. The van der Waals surface area contributed by atoms with Gasteiger partial charge < -0.3 is 14.7 Å². The molecule has 0 aromatic heterocycles. The Hall–Kier alpha value is -1.10. The summed E-state index contributed by atoms with van der Waals surface area (Å²) in [5.41, 5.74) is 0. The third-order valence-electron chi connectivity index (χ3n) is 4.62. The van der Waals surface area contributed by atoms with Crippen LogP contribution < -0.4 is 0 Å². The second-order valence-electron chi connectivity index (χ2n) is 6.05. The van der Waals surface area contributed by atoms with Gasteiger partial charge in [-0.25, -0.2) is 0 Å². The summed E-state index contributed by atoms with van der Waals surface area (Å²) in [6, 6.07) is 0. The molecule has 5 nitrogen and oxygen atoms in total. The Balaban J connectivity index is 1.86. The molecule has 2 atom stereocenters. The molecule has 0 radical (unpaired) electrons. The molecule has 0 spiro atoms. The van der Waals surface area contributed by atoms with Gasteiger partial charge in [-0.3, -0.25) is 9.59 Å². The average Bonchev–Trinajstić information content (AvgIpc) is 3.23. The van der Waals surface area contributed by atoms with Crippen LogP contribution in [-0.2, 0) is 14.3 Å². The van der Waals surface area contributed by atoms with Crippen molar-refractivity contribution < 1.29 is 19.4 Å². The Morgan fingerprint density at radius 3 is 2.55 bits per heavy atom. The number of methoxy groups -OCH3 is 1. The number of carboxylic acid groups (broad SMARTS) is 1. The Bertz CT molecular complexity index is 352. The highest BCUT2D eigenvalue weighted by molar-refractivity contribution is 5.85. The Morgan fingerprint density at radius 2 is 1.95 bits per heavy atom. The van der Waals surface area contributed by atoms with Gasteiger partial charge in [0.2, 0.25) is 5.91 Å². The SMILES string of the molecule is COCCN(CC(=O)O)C(=O)C1CC1C1CCCCC1. The summed E-state index contributed by atoms with van der Waals surface area (Å²) >= 11 is 0. The van der Waals surface area contributed by atoms with Gasteiger partial charge >= 0.3 is 5.97 Å². The first kappa shape index (κ1) is 15.3. The lowest BCUT2D eigenvalue weighted by Crippen LogP contribution is -2.39. The van der Waals surface area contributed by atoms with Crippen molar-refractivity contribution in [1.29, 1.82) is 0 Å². The van der Waals surface area contributed by atoms with Crippen LogP contribution in [0.3, 0.4) is 0 Å². The predicted molar refractivity (Wildman–Crippen MR) is 74.3 cm³/mol. The van der Waals surface area contributed by atoms with E-state index >= 15 is 0 Å². The zero-order valence-corrected chi connectivity index (χ0v) is 12.2. The van der Waals surface area contributed by atoms with E-state index in [4.69, 9.17) is 9.84 Å². The fourth-order valence-corrected chi connectivity index (χ4v) is 3.45. The lowest BCUT2D eigenvalue weighted by molar-refractivity contribution is -0.145. The van der Waals surface area contributed by atoms with Crippen LogP contribution in [0.15, 0.2) is 0 Å². The van der Waals surface area contributed by atoms with Crippen LogP contribution in [0.5, 0.6) is 0 Å². The minimum atomic E-state index is -0.954. The maximum Gasteiger partial charge on any atom is 0.323 e. The van der Waals surface area contributed by atoms with E-state index in [-0.39, 0.29) is 18.4 Å². The normalized spacial score (nSPS) is 26.2. The van der Waals surface area contributed by atoms with Crippen molar-refractivity contribution in [2.75, 3.05) is 26.8 Å². The molecule has 2 fully saturated rings. The molecule has 2 aliphatic carbocycles. The summed E-state index contributed by atoms with van der Waals surface area (Å²) in [5, 5.41) is 8.91. The molecule has 2 unspecified atom stereocenters. The first-order chi connectivity index (χ1) is 9.63. The van der Waals surface area contributed by atoms with Crippen LogP contribution in [0.4, 0.5) is 0 Å². The van der Waals surface area contributed by atoms with Gasteiger partial charge in [0.25, 0.3) is 0 Å². The van der Waals surface area contributed by atoms with Crippen molar-refractivity contribution in [3.05, 3.63) is 0 Å². The fraction of sp³-hybridized carbons (Fsp3) is 0.867. The van der Waals surface area contributed by atoms with Crippen molar-refractivity contribution in [3.63, 3.8) is 0 Å². The molecule has 114 valence electrons. The second-order valence-corrected chi connectivity index (χ2v) is 6.05.